The number of nitriles is 1. The normalized spacial score (nSPS) is 15.7. The van der Waals surface area contributed by atoms with E-state index < -0.39 is 35.7 Å². The highest BCUT2D eigenvalue weighted by Gasteiger charge is 2.33. The molecular weight excluding hydrogens is 484 g/mol. The number of hydrogen-bond donors (Lipinski definition) is 2. The van der Waals surface area contributed by atoms with Crippen LogP contribution in [-0.4, -0.2) is 60.3 Å². The lowest BCUT2D eigenvalue weighted by Crippen LogP contribution is -2.53. The number of nitrogens with one attached hydrogen (secondary N) is 2. The van der Waals surface area contributed by atoms with Crippen LogP contribution in [0.4, 0.5) is 4.79 Å². The van der Waals surface area contributed by atoms with E-state index in [2.05, 4.69) is 10.6 Å². The van der Waals surface area contributed by atoms with Crippen LogP contribution in [0.2, 0.25) is 0 Å². The third kappa shape index (κ3) is 9.73. The fourth-order valence-electron chi connectivity index (χ4n) is 4.41. The van der Waals surface area contributed by atoms with Crippen molar-refractivity contribution < 1.29 is 23.9 Å². The van der Waals surface area contributed by atoms with Gasteiger partial charge in [0.1, 0.15) is 17.7 Å². The van der Waals surface area contributed by atoms with Crippen LogP contribution in [0, 0.1) is 17.2 Å². The first-order valence-electron chi connectivity index (χ1n) is 13.3. The maximum Gasteiger partial charge on any atom is 0.408 e. The Bertz CT molecular complexity index is 1020. The molecule has 1 fully saturated rings. The summed E-state index contributed by atoms with van der Waals surface area (Å²) in [6.07, 6.45) is 1.87. The van der Waals surface area contributed by atoms with E-state index in [0.29, 0.717) is 31.6 Å². The van der Waals surface area contributed by atoms with Crippen LogP contribution in [0.15, 0.2) is 41.6 Å². The van der Waals surface area contributed by atoms with E-state index in [1.807, 2.05) is 55.1 Å². The van der Waals surface area contributed by atoms with Gasteiger partial charge in [0.2, 0.25) is 5.91 Å². The highest BCUT2D eigenvalue weighted by molar-refractivity contribution is 5.94. The maximum absolute atomic E-state index is 13.7. The summed E-state index contributed by atoms with van der Waals surface area (Å²) in [6, 6.07) is 10.0. The Morgan fingerprint density at radius 1 is 1.05 bits per heavy atom. The minimum Gasteiger partial charge on any atom is -0.462 e. The number of carbonyl (C=O) groups is 3. The second kappa shape index (κ2) is 14.4. The summed E-state index contributed by atoms with van der Waals surface area (Å²) >= 11 is 0. The number of benzene rings is 1. The van der Waals surface area contributed by atoms with Gasteiger partial charge in [0, 0.05) is 13.1 Å². The second-order valence-corrected chi connectivity index (χ2v) is 10.9. The largest absolute Gasteiger partial charge is 0.462 e. The van der Waals surface area contributed by atoms with Gasteiger partial charge in [-0.1, -0.05) is 44.2 Å². The summed E-state index contributed by atoms with van der Waals surface area (Å²) in [5.41, 5.74) is 0.541. The number of amides is 2. The van der Waals surface area contributed by atoms with E-state index in [0.717, 1.165) is 18.4 Å². The molecule has 0 spiro atoms. The molecule has 2 N–H and O–H groups in total. The number of hydrogen-bond acceptors (Lipinski definition) is 7. The number of ether oxygens (including phenoxy) is 2. The van der Waals surface area contributed by atoms with E-state index in [9.17, 15) is 19.6 Å². The standard InChI is InChI=1S/C29H42N4O5/c1-7-37-27(35)22(19-30)25(33-15-11-12-16-33)23(18-21-13-9-8-10-14-21)31-26(34)24(17-20(2)3)32-28(36)38-29(4,5)6/h8-10,13-14,20,23-24H,7,11-12,15-18H2,1-6H3,(H,31,34)(H,32,36)/b25-22-/t23-,24-/m0/s1. The number of rotatable bonds is 11. The van der Waals surface area contributed by atoms with Crippen LogP contribution in [0.25, 0.3) is 0 Å². The first-order chi connectivity index (χ1) is 17.9. The highest BCUT2D eigenvalue weighted by Crippen LogP contribution is 2.25. The monoisotopic (exact) mass is 526 g/mol. The molecule has 9 nitrogen and oxygen atoms in total. The molecule has 208 valence electrons. The molecule has 2 atom stereocenters. The summed E-state index contributed by atoms with van der Waals surface area (Å²) in [7, 11) is 0. The minimum absolute atomic E-state index is 0.107. The van der Waals surface area contributed by atoms with Gasteiger partial charge in [-0.25, -0.2) is 9.59 Å². The molecule has 0 radical (unpaired) electrons. The summed E-state index contributed by atoms with van der Waals surface area (Å²) < 4.78 is 10.6. The lowest BCUT2D eigenvalue weighted by Gasteiger charge is -2.32. The van der Waals surface area contributed by atoms with Gasteiger partial charge in [0.05, 0.1) is 18.3 Å². The molecule has 38 heavy (non-hydrogen) atoms. The smallest absolute Gasteiger partial charge is 0.408 e. The van der Waals surface area contributed by atoms with Crippen molar-refractivity contribution in [2.45, 2.75) is 84.9 Å². The van der Waals surface area contributed by atoms with E-state index in [-0.39, 0.29) is 18.1 Å². The summed E-state index contributed by atoms with van der Waals surface area (Å²) in [5.74, 6) is -1.02. The zero-order chi connectivity index (χ0) is 28.3. The Kier molecular flexibility index (Phi) is 11.6. The van der Waals surface area contributed by atoms with Gasteiger partial charge in [0.25, 0.3) is 0 Å². The van der Waals surface area contributed by atoms with Crippen molar-refractivity contribution in [1.29, 1.82) is 5.26 Å². The Hall–Kier alpha value is -3.54. The van der Waals surface area contributed by atoms with Crippen molar-refractivity contribution in [2.24, 2.45) is 5.92 Å². The Balaban J connectivity index is 2.50. The fraction of sp³-hybridized carbons (Fsp3) is 0.586. The van der Waals surface area contributed by atoms with Crippen molar-refractivity contribution >= 4 is 18.0 Å². The third-order valence-electron chi connectivity index (χ3n) is 5.94. The average molecular weight is 527 g/mol. The van der Waals surface area contributed by atoms with E-state index in [1.165, 1.54) is 0 Å². The predicted molar refractivity (Wildman–Crippen MR) is 145 cm³/mol. The van der Waals surface area contributed by atoms with Crippen LogP contribution in [-0.2, 0) is 25.5 Å². The molecule has 0 unspecified atom stereocenters. The predicted octanol–water partition coefficient (Wildman–Crippen LogP) is 4.09. The van der Waals surface area contributed by atoms with Gasteiger partial charge in [0.15, 0.2) is 5.57 Å². The lowest BCUT2D eigenvalue weighted by molar-refractivity contribution is -0.138. The van der Waals surface area contributed by atoms with Gasteiger partial charge in [-0.05, 0) is 64.9 Å². The van der Waals surface area contributed by atoms with Gasteiger partial charge >= 0.3 is 12.1 Å². The molecule has 2 amide bonds. The fourth-order valence-corrected chi connectivity index (χ4v) is 4.41. The summed E-state index contributed by atoms with van der Waals surface area (Å²) in [4.78, 5) is 41.1. The molecule has 1 aliphatic heterocycles. The molecule has 1 aliphatic rings. The van der Waals surface area contributed by atoms with Crippen molar-refractivity contribution in [3.05, 3.63) is 47.2 Å². The molecule has 0 bridgehead atoms. The minimum atomic E-state index is -0.865. The molecule has 9 heteroatoms. The molecule has 2 rings (SSSR count). The quantitative estimate of drug-likeness (QED) is 0.253. The van der Waals surface area contributed by atoms with E-state index in [4.69, 9.17) is 9.47 Å². The Morgan fingerprint density at radius 3 is 2.21 bits per heavy atom. The lowest BCUT2D eigenvalue weighted by atomic mass is 9.97. The Labute approximate surface area is 226 Å². The number of esters is 1. The molecular formula is C29H42N4O5. The number of alkyl carbamates (subject to hydrolysis) is 1. The summed E-state index contributed by atoms with van der Waals surface area (Å²) in [6.45, 7) is 12.3. The van der Waals surface area contributed by atoms with Crippen molar-refractivity contribution in [1.82, 2.24) is 15.5 Å². The maximum atomic E-state index is 13.7. The molecule has 0 aliphatic carbocycles. The zero-order valence-corrected chi connectivity index (χ0v) is 23.5. The average Bonchev–Trinajstić information content (AvgIpc) is 3.35. The SMILES string of the molecule is CCOC(=O)/C(C#N)=C(/[C@H](Cc1ccccc1)NC(=O)[C@H](CC(C)C)NC(=O)OC(C)(C)C)N1CCCC1. The number of nitrogens with zero attached hydrogens (tertiary/aromatic N) is 2. The molecule has 1 aromatic rings. The first-order valence-corrected chi connectivity index (χ1v) is 13.3. The molecule has 0 saturated carbocycles. The van der Waals surface area contributed by atoms with Crippen LogP contribution in [0.5, 0.6) is 0 Å². The third-order valence-corrected chi connectivity index (χ3v) is 5.94. The first kappa shape index (κ1) is 30.7. The summed E-state index contributed by atoms with van der Waals surface area (Å²) in [5, 5.41) is 15.8. The molecule has 1 heterocycles. The van der Waals surface area contributed by atoms with Crippen molar-refractivity contribution in [2.75, 3.05) is 19.7 Å². The van der Waals surface area contributed by atoms with Gasteiger partial charge in [-0.3, -0.25) is 4.79 Å². The molecule has 1 saturated heterocycles. The van der Waals surface area contributed by atoms with E-state index >= 15 is 0 Å². The Morgan fingerprint density at radius 2 is 1.68 bits per heavy atom. The molecule has 1 aromatic carbocycles. The van der Waals surface area contributed by atoms with Crippen molar-refractivity contribution in [3.8, 4) is 6.07 Å². The number of carbonyl (C=O) groups excluding carboxylic acids is 3. The van der Waals surface area contributed by atoms with Gasteiger partial charge in [-0.2, -0.15) is 5.26 Å². The second-order valence-electron chi connectivity index (χ2n) is 10.9. The highest BCUT2D eigenvalue weighted by atomic mass is 16.6. The van der Waals surface area contributed by atoms with Gasteiger partial charge in [-0.15, -0.1) is 0 Å². The molecule has 0 aromatic heterocycles. The van der Waals surface area contributed by atoms with Crippen molar-refractivity contribution in [3.63, 3.8) is 0 Å². The van der Waals surface area contributed by atoms with Crippen LogP contribution in [0.3, 0.4) is 0 Å². The topological polar surface area (TPSA) is 121 Å². The van der Waals surface area contributed by atoms with Crippen LogP contribution in [0.1, 0.15) is 66.4 Å². The van der Waals surface area contributed by atoms with E-state index in [1.54, 1.807) is 27.7 Å². The van der Waals surface area contributed by atoms with Crippen LogP contribution < -0.4 is 10.6 Å². The number of likely N-dealkylation sites (tertiary alicyclic amines) is 1. The van der Waals surface area contributed by atoms with Crippen LogP contribution >= 0.6 is 0 Å². The van der Waals surface area contributed by atoms with Gasteiger partial charge < -0.3 is 25.0 Å². The zero-order valence-electron chi connectivity index (χ0n) is 23.5.